The zero-order valence-electron chi connectivity index (χ0n) is 12.7. The molecule has 1 fully saturated rings. The van der Waals surface area contributed by atoms with E-state index in [4.69, 9.17) is 4.74 Å². The minimum atomic E-state index is -0.320. The molecule has 2 heterocycles. The zero-order valence-corrected chi connectivity index (χ0v) is 12.7. The van der Waals surface area contributed by atoms with Crippen molar-refractivity contribution in [2.75, 3.05) is 45.2 Å². The molecule has 6 heteroatoms. The van der Waals surface area contributed by atoms with Crippen LogP contribution in [0.4, 0.5) is 5.82 Å². The van der Waals surface area contributed by atoms with Gasteiger partial charge in [-0.15, -0.1) is 0 Å². The summed E-state index contributed by atoms with van der Waals surface area (Å²) >= 11 is 0. The van der Waals surface area contributed by atoms with E-state index in [1.165, 1.54) is 7.11 Å². The molecule has 21 heavy (non-hydrogen) atoms. The minimum Gasteiger partial charge on any atom is -0.465 e. The van der Waals surface area contributed by atoms with Gasteiger partial charge in [-0.05, 0) is 25.2 Å². The van der Waals surface area contributed by atoms with Crippen molar-refractivity contribution >= 4 is 22.7 Å². The van der Waals surface area contributed by atoms with Crippen molar-refractivity contribution in [3.8, 4) is 0 Å². The third kappa shape index (κ3) is 2.47. The van der Waals surface area contributed by atoms with Gasteiger partial charge in [0.1, 0.15) is 0 Å². The molecule has 0 N–H and O–H groups in total. The Hall–Kier alpha value is -2.08. The topological polar surface area (TPSA) is 50.6 Å². The zero-order chi connectivity index (χ0) is 15.0. The quantitative estimate of drug-likeness (QED) is 0.775. The van der Waals surface area contributed by atoms with Crippen molar-refractivity contribution < 1.29 is 9.53 Å². The number of anilines is 1. The molecule has 1 saturated heterocycles. The summed E-state index contributed by atoms with van der Waals surface area (Å²) in [6.45, 7) is 4.03. The molecule has 0 aliphatic carbocycles. The lowest BCUT2D eigenvalue weighted by Crippen LogP contribution is -2.44. The number of rotatable bonds is 2. The monoisotopic (exact) mass is 288 g/mol. The fourth-order valence-corrected chi connectivity index (χ4v) is 2.73. The Labute approximate surface area is 123 Å². The van der Waals surface area contributed by atoms with Crippen LogP contribution in [0.5, 0.6) is 0 Å². The van der Waals surface area contributed by atoms with E-state index in [0.717, 1.165) is 42.9 Å². The predicted molar refractivity (Wildman–Crippen MR) is 81.8 cm³/mol. The average Bonchev–Trinajstić information content (AvgIpc) is 2.84. The summed E-state index contributed by atoms with van der Waals surface area (Å²) in [7, 11) is 5.44. The number of ether oxygens (including phenoxy) is 1. The number of esters is 1. The largest absolute Gasteiger partial charge is 0.465 e. The molecule has 1 aliphatic rings. The number of aromatic nitrogens is 2. The van der Waals surface area contributed by atoms with Crippen molar-refractivity contribution in [3.05, 3.63) is 23.8 Å². The summed E-state index contributed by atoms with van der Waals surface area (Å²) in [5, 5.41) is 5.72. The first-order chi connectivity index (χ1) is 10.1. The molecular weight excluding hydrogens is 268 g/mol. The Balaban J connectivity index is 1.99. The van der Waals surface area contributed by atoms with Gasteiger partial charge >= 0.3 is 5.97 Å². The highest BCUT2D eigenvalue weighted by molar-refractivity contribution is 5.98. The first-order valence-electron chi connectivity index (χ1n) is 7.08. The van der Waals surface area contributed by atoms with Crippen LogP contribution in [0.15, 0.2) is 18.2 Å². The van der Waals surface area contributed by atoms with Crippen LogP contribution in [0.2, 0.25) is 0 Å². The lowest BCUT2D eigenvalue weighted by molar-refractivity contribution is 0.0601. The Morgan fingerprint density at radius 1 is 1.19 bits per heavy atom. The van der Waals surface area contributed by atoms with Crippen molar-refractivity contribution in [2.45, 2.75) is 0 Å². The molecule has 6 nitrogen and oxygen atoms in total. The number of piperazine rings is 1. The number of hydrogen-bond acceptors (Lipinski definition) is 5. The Bertz CT molecular complexity index is 672. The molecule has 1 aromatic heterocycles. The second-order valence-electron chi connectivity index (χ2n) is 5.46. The van der Waals surface area contributed by atoms with Crippen LogP contribution in [0.1, 0.15) is 10.4 Å². The number of likely N-dealkylation sites (N-methyl/N-ethyl adjacent to an activating group) is 1. The van der Waals surface area contributed by atoms with Gasteiger partial charge in [-0.1, -0.05) is 0 Å². The van der Waals surface area contributed by atoms with Crippen molar-refractivity contribution in [1.29, 1.82) is 0 Å². The summed E-state index contributed by atoms with van der Waals surface area (Å²) in [4.78, 5) is 16.3. The van der Waals surface area contributed by atoms with Gasteiger partial charge in [-0.3, -0.25) is 4.68 Å². The van der Waals surface area contributed by atoms with E-state index in [-0.39, 0.29) is 5.97 Å². The number of carbonyl (C=O) groups excluding carboxylic acids is 1. The molecule has 0 radical (unpaired) electrons. The fraction of sp³-hybridized carbons (Fsp3) is 0.467. The highest BCUT2D eigenvalue weighted by Crippen LogP contribution is 2.27. The second kappa shape index (κ2) is 5.37. The maximum atomic E-state index is 11.6. The normalized spacial score (nSPS) is 16.4. The molecule has 0 saturated carbocycles. The number of aryl methyl sites for hydroxylation is 1. The summed E-state index contributed by atoms with van der Waals surface area (Å²) in [6, 6.07) is 5.60. The molecule has 0 spiro atoms. The van der Waals surface area contributed by atoms with Crippen LogP contribution in [-0.2, 0) is 11.8 Å². The third-order valence-corrected chi connectivity index (χ3v) is 4.06. The maximum absolute atomic E-state index is 11.6. The van der Waals surface area contributed by atoms with Crippen molar-refractivity contribution in [3.63, 3.8) is 0 Å². The van der Waals surface area contributed by atoms with Gasteiger partial charge in [0.15, 0.2) is 5.82 Å². The standard InChI is InChI=1S/C15H20N4O2/c1-17-6-8-19(9-7-17)14-12-5-4-11(15(20)21-3)10-13(12)18(2)16-14/h4-5,10H,6-9H2,1-3H3. The second-order valence-corrected chi connectivity index (χ2v) is 5.46. The average molecular weight is 288 g/mol. The third-order valence-electron chi connectivity index (χ3n) is 4.06. The number of fused-ring (bicyclic) bond motifs is 1. The van der Waals surface area contributed by atoms with Crippen molar-refractivity contribution in [1.82, 2.24) is 14.7 Å². The van der Waals surface area contributed by atoms with Crippen LogP contribution in [-0.4, -0.2) is 61.0 Å². The van der Waals surface area contributed by atoms with Gasteiger partial charge in [0.05, 0.1) is 18.2 Å². The molecule has 1 aliphatic heterocycles. The van der Waals surface area contributed by atoms with E-state index in [2.05, 4.69) is 21.9 Å². The number of carbonyl (C=O) groups is 1. The van der Waals surface area contributed by atoms with Crippen LogP contribution in [0.3, 0.4) is 0 Å². The predicted octanol–water partition coefficient (Wildman–Crippen LogP) is 1.11. The summed E-state index contributed by atoms with van der Waals surface area (Å²) in [5.41, 5.74) is 1.50. The van der Waals surface area contributed by atoms with E-state index >= 15 is 0 Å². The van der Waals surface area contributed by atoms with Crippen molar-refractivity contribution in [2.24, 2.45) is 7.05 Å². The van der Waals surface area contributed by atoms with Crippen LogP contribution in [0, 0.1) is 0 Å². The smallest absolute Gasteiger partial charge is 0.337 e. The summed E-state index contributed by atoms with van der Waals surface area (Å²) < 4.78 is 6.60. The number of nitrogens with zero attached hydrogens (tertiary/aromatic N) is 4. The van der Waals surface area contributed by atoms with Crippen LogP contribution in [0.25, 0.3) is 10.9 Å². The summed E-state index contributed by atoms with van der Waals surface area (Å²) in [6.07, 6.45) is 0. The van der Waals surface area contributed by atoms with Gasteiger partial charge in [0.2, 0.25) is 0 Å². The number of benzene rings is 1. The first-order valence-corrected chi connectivity index (χ1v) is 7.08. The Morgan fingerprint density at radius 3 is 2.57 bits per heavy atom. The van der Waals surface area contributed by atoms with E-state index in [1.54, 1.807) is 6.07 Å². The minimum absolute atomic E-state index is 0.320. The lowest BCUT2D eigenvalue weighted by atomic mass is 10.1. The number of methoxy groups -OCH3 is 1. The lowest BCUT2D eigenvalue weighted by Gasteiger charge is -2.32. The van der Waals surface area contributed by atoms with E-state index < -0.39 is 0 Å². The van der Waals surface area contributed by atoms with Gasteiger partial charge < -0.3 is 14.5 Å². The van der Waals surface area contributed by atoms with E-state index in [9.17, 15) is 4.79 Å². The fourth-order valence-electron chi connectivity index (χ4n) is 2.73. The highest BCUT2D eigenvalue weighted by atomic mass is 16.5. The molecule has 0 bridgehead atoms. The molecule has 2 aromatic rings. The highest BCUT2D eigenvalue weighted by Gasteiger charge is 2.20. The maximum Gasteiger partial charge on any atom is 0.337 e. The van der Waals surface area contributed by atoms with E-state index in [0.29, 0.717) is 5.56 Å². The van der Waals surface area contributed by atoms with Gasteiger partial charge in [-0.2, -0.15) is 5.10 Å². The molecule has 0 atom stereocenters. The van der Waals surface area contributed by atoms with Crippen LogP contribution >= 0.6 is 0 Å². The molecule has 1 aromatic carbocycles. The summed E-state index contributed by atoms with van der Waals surface area (Å²) in [5.74, 6) is 0.677. The van der Waals surface area contributed by atoms with Gasteiger partial charge in [0.25, 0.3) is 0 Å². The van der Waals surface area contributed by atoms with E-state index in [1.807, 2.05) is 23.9 Å². The Morgan fingerprint density at radius 2 is 1.90 bits per heavy atom. The molecule has 0 amide bonds. The number of hydrogen-bond donors (Lipinski definition) is 0. The first kappa shape index (κ1) is 13.9. The molecule has 3 rings (SSSR count). The van der Waals surface area contributed by atoms with Crippen LogP contribution < -0.4 is 4.90 Å². The van der Waals surface area contributed by atoms with Gasteiger partial charge in [0, 0.05) is 38.6 Å². The molecule has 112 valence electrons. The molecular formula is C15H20N4O2. The molecule has 0 unspecified atom stereocenters. The Kier molecular flexibility index (Phi) is 3.55. The van der Waals surface area contributed by atoms with Gasteiger partial charge in [-0.25, -0.2) is 4.79 Å². The SMILES string of the molecule is COC(=O)c1ccc2c(N3CCN(C)CC3)nn(C)c2c1.